The van der Waals surface area contributed by atoms with Crippen molar-refractivity contribution in [2.45, 2.75) is 75.0 Å². The number of aliphatic hydroxyl groups is 1. The molecule has 0 spiro atoms. The number of fused-ring (bicyclic) bond motifs is 1. The Morgan fingerprint density at radius 1 is 1.09 bits per heavy atom. The number of hydrogen-bond acceptors (Lipinski definition) is 9. The summed E-state index contributed by atoms with van der Waals surface area (Å²) in [5.41, 5.74) is 1.70. The SMILES string of the molecule is COc1ccc(C[C@H](NC(=O)O[C@H]2CO[C@H]3OCCC[C@H]32)[C@H](O)C(=O)N2CSC(C)(C)[C@H]2C(=O)NCc2ccccc2)cc1. The first-order valence-electron chi connectivity index (χ1n) is 14.9. The molecule has 3 amide bonds. The molecule has 2 aromatic carbocycles. The van der Waals surface area contributed by atoms with Gasteiger partial charge >= 0.3 is 6.09 Å². The van der Waals surface area contributed by atoms with E-state index in [4.69, 9.17) is 18.9 Å². The number of rotatable bonds is 10. The predicted molar refractivity (Wildman–Crippen MR) is 164 cm³/mol. The zero-order valence-electron chi connectivity index (χ0n) is 25.3. The Morgan fingerprint density at radius 2 is 1.84 bits per heavy atom. The number of alkyl carbamates (subject to hydrolysis) is 1. The first kappa shape index (κ1) is 32.1. The van der Waals surface area contributed by atoms with Crippen molar-refractivity contribution in [2.24, 2.45) is 5.92 Å². The van der Waals surface area contributed by atoms with Crippen LogP contribution in [-0.4, -0.2) is 89.4 Å². The number of hydrogen-bond donors (Lipinski definition) is 3. The maximum Gasteiger partial charge on any atom is 0.407 e. The van der Waals surface area contributed by atoms with Gasteiger partial charge in [-0.05, 0) is 56.4 Å². The molecule has 44 heavy (non-hydrogen) atoms. The molecule has 0 aromatic heterocycles. The Kier molecular flexibility index (Phi) is 10.3. The molecule has 6 atom stereocenters. The highest BCUT2D eigenvalue weighted by Gasteiger charge is 2.50. The molecular weight excluding hydrogens is 586 g/mol. The minimum atomic E-state index is -1.64. The molecule has 2 aromatic rings. The van der Waals surface area contributed by atoms with Crippen molar-refractivity contribution in [3.63, 3.8) is 0 Å². The zero-order valence-corrected chi connectivity index (χ0v) is 26.1. The summed E-state index contributed by atoms with van der Waals surface area (Å²) < 4.78 is 21.7. The van der Waals surface area contributed by atoms with E-state index in [1.807, 2.05) is 44.2 Å². The van der Waals surface area contributed by atoms with E-state index in [1.165, 1.54) is 16.7 Å². The molecular formula is C32H41N3O8S. The molecule has 3 aliphatic heterocycles. The highest BCUT2D eigenvalue weighted by molar-refractivity contribution is 8.00. The Balaban J connectivity index is 1.30. The van der Waals surface area contributed by atoms with Crippen LogP contribution in [0.3, 0.4) is 0 Å². The summed E-state index contributed by atoms with van der Waals surface area (Å²) in [7, 11) is 1.56. The van der Waals surface area contributed by atoms with Crippen LogP contribution >= 0.6 is 11.8 Å². The monoisotopic (exact) mass is 627 g/mol. The number of thioether (sulfide) groups is 1. The summed E-state index contributed by atoms with van der Waals surface area (Å²) in [6.07, 6.45) is -1.50. The smallest absolute Gasteiger partial charge is 0.407 e. The number of amides is 3. The summed E-state index contributed by atoms with van der Waals surface area (Å²) in [5, 5.41) is 17.2. The molecule has 3 saturated heterocycles. The minimum Gasteiger partial charge on any atom is -0.497 e. The lowest BCUT2D eigenvalue weighted by molar-refractivity contribution is -0.152. The fourth-order valence-electron chi connectivity index (χ4n) is 5.96. The van der Waals surface area contributed by atoms with Crippen LogP contribution in [0.25, 0.3) is 0 Å². The average molecular weight is 628 g/mol. The molecule has 0 radical (unpaired) electrons. The van der Waals surface area contributed by atoms with Gasteiger partial charge in [0.1, 0.15) is 17.9 Å². The van der Waals surface area contributed by atoms with Crippen LogP contribution in [-0.2, 0) is 36.8 Å². The van der Waals surface area contributed by atoms with Crippen molar-refractivity contribution in [3.05, 3.63) is 65.7 Å². The van der Waals surface area contributed by atoms with Gasteiger partial charge in [-0.25, -0.2) is 4.79 Å². The van der Waals surface area contributed by atoms with Crippen molar-refractivity contribution in [3.8, 4) is 5.75 Å². The Morgan fingerprint density at radius 3 is 2.57 bits per heavy atom. The lowest BCUT2D eigenvalue weighted by Crippen LogP contribution is -2.58. The fraction of sp³-hybridized carbons (Fsp3) is 0.531. The van der Waals surface area contributed by atoms with Crippen LogP contribution in [0.2, 0.25) is 0 Å². The quantitative estimate of drug-likeness (QED) is 0.363. The number of carbonyl (C=O) groups is 3. The number of nitrogens with one attached hydrogen (secondary N) is 2. The summed E-state index contributed by atoms with van der Waals surface area (Å²) >= 11 is 1.46. The molecule has 3 fully saturated rings. The van der Waals surface area contributed by atoms with Gasteiger partial charge in [0.2, 0.25) is 5.91 Å². The van der Waals surface area contributed by atoms with Crippen LogP contribution in [0.15, 0.2) is 54.6 Å². The van der Waals surface area contributed by atoms with E-state index >= 15 is 0 Å². The van der Waals surface area contributed by atoms with Crippen molar-refractivity contribution >= 4 is 29.7 Å². The van der Waals surface area contributed by atoms with Crippen molar-refractivity contribution < 1.29 is 38.4 Å². The van der Waals surface area contributed by atoms with Gasteiger partial charge in [-0.15, -0.1) is 11.8 Å². The molecule has 0 bridgehead atoms. The summed E-state index contributed by atoms with van der Waals surface area (Å²) in [4.78, 5) is 41.9. The number of nitrogens with zero attached hydrogens (tertiary/aromatic N) is 1. The molecule has 3 aliphatic rings. The van der Waals surface area contributed by atoms with Crippen LogP contribution in [0.1, 0.15) is 37.8 Å². The predicted octanol–water partition coefficient (Wildman–Crippen LogP) is 2.84. The molecule has 12 heteroatoms. The van der Waals surface area contributed by atoms with Gasteiger partial charge in [0.05, 0.1) is 25.6 Å². The second-order valence-electron chi connectivity index (χ2n) is 11.9. The van der Waals surface area contributed by atoms with Gasteiger partial charge < -0.3 is 39.6 Å². The number of carbonyl (C=O) groups excluding carboxylic acids is 3. The van der Waals surface area contributed by atoms with Crippen LogP contribution in [0.4, 0.5) is 4.79 Å². The van der Waals surface area contributed by atoms with E-state index in [1.54, 1.807) is 31.4 Å². The van der Waals surface area contributed by atoms with Gasteiger partial charge in [-0.1, -0.05) is 42.5 Å². The standard InChI is InChI=1S/C32H41N3O8S/c1-32(2)27(28(37)33-17-21-8-5-4-6-9-21)35(19-44-32)29(38)26(36)24(16-20-11-13-22(40-3)14-12-20)34-31(39)43-25-18-42-30-23(25)10-7-15-41-30/h4-6,8-9,11-14,23-27,30,36H,7,10,15-19H2,1-3H3,(H,33,37)(H,34,39)/t23-,24-,25-,26-,27+,30+/m0/s1. The largest absolute Gasteiger partial charge is 0.497 e. The lowest BCUT2D eigenvalue weighted by atomic mass is 9.96. The van der Waals surface area contributed by atoms with E-state index < -0.39 is 47.3 Å². The average Bonchev–Trinajstić information content (AvgIpc) is 3.59. The fourth-order valence-corrected chi connectivity index (χ4v) is 7.10. The van der Waals surface area contributed by atoms with Crippen LogP contribution in [0.5, 0.6) is 5.75 Å². The molecule has 238 valence electrons. The Labute approximate surface area is 261 Å². The Hall–Kier alpha value is -3.32. The third-order valence-corrected chi connectivity index (χ3v) is 9.79. The highest BCUT2D eigenvalue weighted by Crippen LogP contribution is 2.40. The number of benzene rings is 2. The number of ether oxygens (including phenoxy) is 4. The minimum absolute atomic E-state index is 0.0693. The molecule has 0 saturated carbocycles. The number of aliphatic hydroxyl groups excluding tert-OH is 1. The van der Waals surface area contributed by atoms with Gasteiger partial charge in [0.15, 0.2) is 12.4 Å². The van der Waals surface area contributed by atoms with Gasteiger partial charge in [-0.2, -0.15) is 0 Å². The summed E-state index contributed by atoms with van der Waals surface area (Å²) in [6, 6.07) is 14.8. The number of methoxy groups -OCH3 is 1. The third kappa shape index (κ3) is 7.48. The van der Waals surface area contributed by atoms with E-state index in [9.17, 15) is 19.5 Å². The maximum absolute atomic E-state index is 13.9. The van der Waals surface area contributed by atoms with E-state index in [2.05, 4.69) is 10.6 Å². The maximum atomic E-state index is 13.9. The topological polar surface area (TPSA) is 136 Å². The summed E-state index contributed by atoms with van der Waals surface area (Å²) in [6.45, 7) is 4.94. The second kappa shape index (κ2) is 14.2. The molecule has 5 rings (SSSR count). The van der Waals surface area contributed by atoms with Crippen molar-refractivity contribution in [1.82, 2.24) is 15.5 Å². The molecule has 0 unspecified atom stereocenters. The van der Waals surface area contributed by atoms with E-state index in [-0.39, 0.29) is 30.7 Å². The Bertz CT molecular complexity index is 1290. The zero-order chi connectivity index (χ0) is 31.3. The first-order chi connectivity index (χ1) is 21.2. The van der Waals surface area contributed by atoms with Gasteiger partial charge in [0.25, 0.3) is 5.91 Å². The van der Waals surface area contributed by atoms with E-state index in [0.29, 0.717) is 18.9 Å². The van der Waals surface area contributed by atoms with Gasteiger partial charge in [-0.3, -0.25) is 9.59 Å². The highest BCUT2D eigenvalue weighted by atomic mass is 32.2. The molecule has 3 heterocycles. The van der Waals surface area contributed by atoms with Crippen molar-refractivity contribution in [2.75, 3.05) is 26.2 Å². The normalized spacial score (nSPS) is 25.4. The summed E-state index contributed by atoms with van der Waals surface area (Å²) in [5.74, 6) is -0.157. The van der Waals surface area contributed by atoms with Crippen molar-refractivity contribution in [1.29, 1.82) is 0 Å². The van der Waals surface area contributed by atoms with Gasteiger partial charge in [0, 0.05) is 23.8 Å². The van der Waals surface area contributed by atoms with E-state index in [0.717, 1.165) is 24.0 Å². The van der Waals surface area contributed by atoms with Crippen LogP contribution in [0, 0.1) is 5.92 Å². The molecule has 11 nitrogen and oxygen atoms in total. The molecule has 0 aliphatic carbocycles. The third-order valence-electron chi connectivity index (χ3n) is 8.41. The lowest BCUT2D eigenvalue weighted by Gasteiger charge is -2.33. The first-order valence-corrected chi connectivity index (χ1v) is 15.9. The molecule has 3 N–H and O–H groups in total. The second-order valence-corrected chi connectivity index (χ2v) is 13.5. The van der Waals surface area contributed by atoms with Crippen LogP contribution < -0.4 is 15.4 Å².